The number of urea groups is 1. The van der Waals surface area contributed by atoms with E-state index in [1.165, 1.54) is 0 Å². The van der Waals surface area contributed by atoms with Crippen molar-refractivity contribution in [2.45, 2.75) is 32.6 Å². The lowest BCUT2D eigenvalue weighted by atomic mass is 10.3. The second kappa shape index (κ2) is 10.8. The van der Waals surface area contributed by atoms with Crippen molar-refractivity contribution < 1.29 is 19.4 Å². The Morgan fingerprint density at radius 1 is 1.28 bits per heavy atom. The molecule has 0 spiro atoms. The van der Waals surface area contributed by atoms with Gasteiger partial charge in [-0.2, -0.15) is 0 Å². The lowest BCUT2D eigenvalue weighted by Crippen LogP contribution is -2.42. The molecular formula is C12H24N2O4. The number of hydrogen-bond donors (Lipinski definition) is 2. The van der Waals surface area contributed by atoms with Crippen molar-refractivity contribution >= 4 is 12.0 Å². The summed E-state index contributed by atoms with van der Waals surface area (Å²) in [6.45, 7) is 4.22. The van der Waals surface area contributed by atoms with Gasteiger partial charge in [0.05, 0.1) is 6.61 Å². The Kier molecular flexibility index (Phi) is 10.0. The molecule has 0 saturated carbocycles. The van der Waals surface area contributed by atoms with Crippen LogP contribution in [0.3, 0.4) is 0 Å². The van der Waals surface area contributed by atoms with Crippen LogP contribution in [0.1, 0.15) is 32.6 Å². The molecule has 0 fully saturated rings. The highest BCUT2D eigenvalue weighted by Crippen LogP contribution is 1.97. The van der Waals surface area contributed by atoms with Gasteiger partial charge in [0.15, 0.2) is 0 Å². The zero-order chi connectivity index (χ0) is 13.8. The van der Waals surface area contributed by atoms with Crippen molar-refractivity contribution in [2.75, 3.05) is 33.4 Å². The third-order valence-corrected chi connectivity index (χ3v) is 2.48. The fraction of sp³-hybridized carbons (Fsp3) is 0.833. The number of unbranched alkanes of at least 4 members (excludes halogenated alkanes) is 1. The van der Waals surface area contributed by atoms with Crippen LogP contribution in [0.2, 0.25) is 0 Å². The molecule has 0 aliphatic heterocycles. The minimum atomic E-state index is -0.841. The molecule has 0 unspecified atom stereocenters. The number of hydrogen-bond acceptors (Lipinski definition) is 3. The number of nitrogens with one attached hydrogen (secondary N) is 1. The van der Waals surface area contributed by atoms with Crippen molar-refractivity contribution in [3.8, 4) is 0 Å². The van der Waals surface area contributed by atoms with E-state index in [2.05, 4.69) is 12.2 Å². The molecule has 0 bridgehead atoms. The van der Waals surface area contributed by atoms with E-state index in [9.17, 15) is 9.59 Å². The van der Waals surface area contributed by atoms with E-state index in [1.54, 1.807) is 12.0 Å². The summed E-state index contributed by atoms with van der Waals surface area (Å²) in [6.07, 6.45) is 2.50. The Labute approximate surface area is 108 Å². The molecule has 0 aromatic carbocycles. The van der Waals surface area contributed by atoms with Gasteiger partial charge in [0.2, 0.25) is 0 Å². The van der Waals surface area contributed by atoms with Crippen LogP contribution in [0.25, 0.3) is 0 Å². The van der Waals surface area contributed by atoms with Crippen LogP contribution in [0, 0.1) is 0 Å². The Balaban J connectivity index is 3.91. The fourth-order valence-electron chi connectivity index (χ4n) is 1.41. The number of carboxylic acid groups (broad SMARTS) is 1. The van der Waals surface area contributed by atoms with Crippen LogP contribution in [-0.4, -0.2) is 55.4 Å². The number of ether oxygens (including phenoxy) is 1. The first kappa shape index (κ1) is 16.7. The molecule has 0 rings (SSSR count). The molecule has 2 N–H and O–H groups in total. The van der Waals surface area contributed by atoms with E-state index >= 15 is 0 Å². The van der Waals surface area contributed by atoms with Crippen LogP contribution in [0.5, 0.6) is 0 Å². The highest BCUT2D eigenvalue weighted by Gasteiger charge is 2.11. The molecule has 0 aliphatic carbocycles. The van der Waals surface area contributed by atoms with Gasteiger partial charge in [-0.15, -0.1) is 0 Å². The summed E-state index contributed by atoms with van der Waals surface area (Å²) in [5.41, 5.74) is 0. The highest BCUT2D eigenvalue weighted by atomic mass is 16.5. The molecule has 106 valence electrons. The first-order valence-corrected chi connectivity index (χ1v) is 6.35. The average molecular weight is 260 g/mol. The molecule has 0 saturated heterocycles. The molecule has 0 heterocycles. The number of carbonyl (C=O) groups is 2. The third kappa shape index (κ3) is 8.81. The maximum atomic E-state index is 11.8. The third-order valence-electron chi connectivity index (χ3n) is 2.48. The van der Waals surface area contributed by atoms with E-state index in [0.717, 1.165) is 12.8 Å². The van der Waals surface area contributed by atoms with Gasteiger partial charge in [0.1, 0.15) is 0 Å². The van der Waals surface area contributed by atoms with Gasteiger partial charge in [0, 0.05) is 33.2 Å². The number of rotatable bonds is 10. The van der Waals surface area contributed by atoms with Crippen molar-refractivity contribution in [3.05, 3.63) is 0 Å². The molecule has 6 nitrogen and oxygen atoms in total. The second-order valence-electron chi connectivity index (χ2n) is 4.06. The standard InChI is InChI=1S/C12H24N2O4/c1-3-4-8-14(9-10-18-2)12(17)13-7-5-6-11(15)16/h3-10H2,1-2H3,(H,13,17)(H,15,16). The van der Waals surface area contributed by atoms with Gasteiger partial charge in [-0.05, 0) is 12.8 Å². The summed E-state index contributed by atoms with van der Waals surface area (Å²) in [7, 11) is 1.60. The SMILES string of the molecule is CCCCN(CCOC)C(=O)NCCCC(=O)O. The van der Waals surface area contributed by atoms with E-state index in [0.29, 0.717) is 32.7 Å². The summed E-state index contributed by atoms with van der Waals surface area (Å²) in [4.78, 5) is 23.8. The summed E-state index contributed by atoms with van der Waals surface area (Å²) >= 11 is 0. The molecule has 2 amide bonds. The predicted octanol–water partition coefficient (Wildman–Crippen LogP) is 1.31. The normalized spacial score (nSPS) is 10.1. The number of carbonyl (C=O) groups excluding carboxylic acids is 1. The first-order chi connectivity index (χ1) is 8.61. The van der Waals surface area contributed by atoms with Crippen molar-refractivity contribution in [2.24, 2.45) is 0 Å². The van der Waals surface area contributed by atoms with E-state index < -0.39 is 5.97 Å². The van der Waals surface area contributed by atoms with E-state index in [4.69, 9.17) is 9.84 Å². The quantitative estimate of drug-likeness (QED) is 0.580. The van der Waals surface area contributed by atoms with Gasteiger partial charge in [-0.1, -0.05) is 13.3 Å². The topological polar surface area (TPSA) is 78.9 Å². The lowest BCUT2D eigenvalue weighted by molar-refractivity contribution is -0.137. The first-order valence-electron chi connectivity index (χ1n) is 6.35. The maximum absolute atomic E-state index is 11.8. The minimum absolute atomic E-state index is 0.0767. The Morgan fingerprint density at radius 2 is 2.00 bits per heavy atom. The second-order valence-corrected chi connectivity index (χ2v) is 4.06. The van der Waals surface area contributed by atoms with Crippen LogP contribution < -0.4 is 5.32 Å². The maximum Gasteiger partial charge on any atom is 0.317 e. The molecule has 0 aromatic heterocycles. The van der Waals surface area contributed by atoms with Gasteiger partial charge in [0.25, 0.3) is 0 Å². The van der Waals surface area contributed by atoms with Crippen molar-refractivity contribution in [3.63, 3.8) is 0 Å². The van der Waals surface area contributed by atoms with Crippen molar-refractivity contribution in [1.29, 1.82) is 0 Å². The van der Waals surface area contributed by atoms with Crippen LogP contribution >= 0.6 is 0 Å². The molecule has 0 atom stereocenters. The van der Waals surface area contributed by atoms with Crippen molar-refractivity contribution in [1.82, 2.24) is 10.2 Å². The number of amides is 2. The molecule has 6 heteroatoms. The van der Waals surface area contributed by atoms with E-state index in [1.807, 2.05) is 0 Å². The molecule has 18 heavy (non-hydrogen) atoms. The van der Waals surface area contributed by atoms with Gasteiger partial charge in [-0.25, -0.2) is 4.79 Å². The van der Waals surface area contributed by atoms with Gasteiger partial charge >= 0.3 is 12.0 Å². The van der Waals surface area contributed by atoms with Gasteiger partial charge in [-0.3, -0.25) is 4.79 Å². The predicted molar refractivity (Wildman–Crippen MR) is 68.6 cm³/mol. The Bertz CT molecular complexity index is 238. The minimum Gasteiger partial charge on any atom is -0.481 e. The number of carboxylic acids is 1. The number of nitrogens with zero attached hydrogens (tertiary/aromatic N) is 1. The van der Waals surface area contributed by atoms with Gasteiger partial charge < -0.3 is 20.1 Å². The zero-order valence-corrected chi connectivity index (χ0v) is 11.3. The molecule has 0 aromatic rings. The lowest BCUT2D eigenvalue weighted by Gasteiger charge is -2.22. The summed E-state index contributed by atoms with van der Waals surface area (Å²) < 4.78 is 4.96. The largest absolute Gasteiger partial charge is 0.481 e. The van der Waals surface area contributed by atoms with Crippen LogP contribution in [0.4, 0.5) is 4.79 Å². The number of methoxy groups -OCH3 is 1. The molecule has 0 radical (unpaired) electrons. The Morgan fingerprint density at radius 3 is 2.56 bits per heavy atom. The molecule has 0 aliphatic rings. The summed E-state index contributed by atoms with van der Waals surface area (Å²) in [5.74, 6) is -0.841. The summed E-state index contributed by atoms with van der Waals surface area (Å²) in [6, 6.07) is -0.147. The molecular weight excluding hydrogens is 236 g/mol. The number of aliphatic carboxylic acids is 1. The fourth-order valence-corrected chi connectivity index (χ4v) is 1.41. The van der Waals surface area contributed by atoms with Crippen LogP contribution in [0.15, 0.2) is 0 Å². The Hall–Kier alpha value is -1.30. The average Bonchev–Trinajstić information content (AvgIpc) is 2.34. The van der Waals surface area contributed by atoms with E-state index in [-0.39, 0.29) is 12.5 Å². The highest BCUT2D eigenvalue weighted by molar-refractivity contribution is 5.74. The van der Waals surface area contributed by atoms with Crippen LogP contribution in [-0.2, 0) is 9.53 Å². The monoisotopic (exact) mass is 260 g/mol. The summed E-state index contributed by atoms with van der Waals surface area (Å²) in [5, 5.41) is 11.2. The zero-order valence-electron chi connectivity index (χ0n) is 11.3. The smallest absolute Gasteiger partial charge is 0.317 e.